The van der Waals surface area contributed by atoms with Gasteiger partial charge in [-0.2, -0.15) is 0 Å². The summed E-state index contributed by atoms with van der Waals surface area (Å²) >= 11 is 0. The van der Waals surface area contributed by atoms with E-state index in [1.165, 1.54) is 5.56 Å². The van der Waals surface area contributed by atoms with Gasteiger partial charge in [0.2, 0.25) is 0 Å². The maximum absolute atomic E-state index is 10.8. The normalized spacial score (nSPS) is 11.8. The first kappa shape index (κ1) is 18.8. The fourth-order valence-electron chi connectivity index (χ4n) is 2.51. The van der Waals surface area contributed by atoms with E-state index < -0.39 is 5.91 Å². The van der Waals surface area contributed by atoms with Crippen molar-refractivity contribution in [3.05, 3.63) is 59.7 Å². The second-order valence-electron chi connectivity index (χ2n) is 6.05. The van der Waals surface area contributed by atoms with E-state index in [1.807, 2.05) is 18.2 Å². The smallest absolute Gasteiger partial charge is 0.255 e. The summed E-state index contributed by atoms with van der Waals surface area (Å²) in [6.45, 7) is 2.76. The number of nitrogens with two attached hydrogens (primary N) is 1. The summed E-state index contributed by atoms with van der Waals surface area (Å²) in [7, 11) is 1.58. The molecular formula is C20H26N2O3. The molecule has 0 saturated heterocycles. The predicted molar refractivity (Wildman–Crippen MR) is 98.7 cm³/mol. The van der Waals surface area contributed by atoms with Gasteiger partial charge in [-0.1, -0.05) is 36.4 Å². The quantitative estimate of drug-likeness (QED) is 0.696. The highest BCUT2D eigenvalue weighted by molar-refractivity contribution is 5.75. The number of carbonyl (C=O) groups is 1. The first-order valence-electron chi connectivity index (χ1n) is 8.44. The molecule has 134 valence electrons. The molecule has 2 aromatic carbocycles. The molecule has 1 atom stereocenters. The van der Waals surface area contributed by atoms with Crippen LogP contribution in [0.5, 0.6) is 11.5 Å². The molecule has 2 aromatic rings. The van der Waals surface area contributed by atoms with Crippen LogP contribution in [0.1, 0.15) is 24.5 Å². The summed E-state index contributed by atoms with van der Waals surface area (Å²) in [5.74, 6) is 0.597. The Labute approximate surface area is 149 Å². The minimum absolute atomic E-state index is 0.162. The van der Waals surface area contributed by atoms with E-state index in [-0.39, 0.29) is 6.61 Å². The van der Waals surface area contributed by atoms with Crippen LogP contribution in [-0.4, -0.2) is 25.7 Å². The van der Waals surface area contributed by atoms with Gasteiger partial charge >= 0.3 is 0 Å². The SMILES string of the molecule is COc1cc(CNC(C)CCc2ccccc2)ccc1OCC(N)=O. The van der Waals surface area contributed by atoms with Gasteiger partial charge in [0, 0.05) is 12.6 Å². The number of methoxy groups -OCH3 is 1. The zero-order valence-corrected chi connectivity index (χ0v) is 14.8. The summed E-state index contributed by atoms with van der Waals surface area (Å²) in [6.07, 6.45) is 2.12. The maximum atomic E-state index is 10.8. The van der Waals surface area contributed by atoms with Crippen molar-refractivity contribution in [3.63, 3.8) is 0 Å². The molecule has 5 heteroatoms. The molecule has 0 bridgehead atoms. The lowest BCUT2D eigenvalue weighted by Gasteiger charge is -2.15. The molecule has 0 heterocycles. The topological polar surface area (TPSA) is 73.6 Å². The minimum atomic E-state index is -0.514. The Balaban J connectivity index is 1.84. The van der Waals surface area contributed by atoms with E-state index >= 15 is 0 Å². The van der Waals surface area contributed by atoms with Crippen molar-refractivity contribution in [2.24, 2.45) is 5.73 Å². The summed E-state index contributed by atoms with van der Waals surface area (Å²) in [5, 5.41) is 3.52. The molecule has 3 N–H and O–H groups in total. The number of ether oxygens (including phenoxy) is 2. The Morgan fingerprint density at radius 1 is 1.12 bits per heavy atom. The monoisotopic (exact) mass is 342 g/mol. The zero-order valence-electron chi connectivity index (χ0n) is 14.8. The molecule has 0 aliphatic rings. The first-order chi connectivity index (χ1) is 12.1. The number of rotatable bonds is 10. The van der Waals surface area contributed by atoms with Gasteiger partial charge in [0.1, 0.15) is 0 Å². The molecule has 0 aliphatic heterocycles. The first-order valence-corrected chi connectivity index (χ1v) is 8.44. The van der Waals surface area contributed by atoms with Crippen LogP contribution >= 0.6 is 0 Å². The lowest BCUT2D eigenvalue weighted by molar-refractivity contribution is -0.119. The average Bonchev–Trinajstić information content (AvgIpc) is 2.64. The summed E-state index contributed by atoms with van der Waals surface area (Å²) in [6, 6.07) is 16.6. The molecule has 0 radical (unpaired) electrons. The van der Waals surface area contributed by atoms with E-state index in [1.54, 1.807) is 13.2 Å². The third-order valence-electron chi connectivity index (χ3n) is 3.96. The van der Waals surface area contributed by atoms with Crippen LogP contribution in [0.15, 0.2) is 48.5 Å². The molecule has 0 spiro atoms. The Hall–Kier alpha value is -2.53. The Bertz CT molecular complexity index is 674. The van der Waals surface area contributed by atoms with Crippen LogP contribution in [0.3, 0.4) is 0 Å². The fraction of sp³-hybridized carbons (Fsp3) is 0.350. The zero-order chi connectivity index (χ0) is 18.1. The molecule has 1 unspecified atom stereocenters. The molecule has 0 fully saturated rings. The highest BCUT2D eigenvalue weighted by Crippen LogP contribution is 2.28. The van der Waals surface area contributed by atoms with Crippen LogP contribution in [0.4, 0.5) is 0 Å². The number of benzene rings is 2. The van der Waals surface area contributed by atoms with Gasteiger partial charge in [0.15, 0.2) is 18.1 Å². The molecule has 1 amide bonds. The van der Waals surface area contributed by atoms with Gasteiger partial charge in [0.05, 0.1) is 7.11 Å². The van der Waals surface area contributed by atoms with E-state index in [0.717, 1.165) is 24.9 Å². The van der Waals surface area contributed by atoms with Crippen LogP contribution in [0.25, 0.3) is 0 Å². The average molecular weight is 342 g/mol. The van der Waals surface area contributed by atoms with Gasteiger partial charge in [-0.3, -0.25) is 4.79 Å². The minimum Gasteiger partial charge on any atom is -0.493 e. The third-order valence-corrected chi connectivity index (χ3v) is 3.96. The van der Waals surface area contributed by atoms with Crippen LogP contribution < -0.4 is 20.5 Å². The van der Waals surface area contributed by atoms with Crippen molar-refractivity contribution in [2.45, 2.75) is 32.4 Å². The van der Waals surface area contributed by atoms with Crippen LogP contribution in [-0.2, 0) is 17.8 Å². The number of amides is 1. The molecule has 0 aromatic heterocycles. The van der Waals surface area contributed by atoms with Crippen molar-refractivity contribution in [1.29, 1.82) is 0 Å². The predicted octanol–water partition coefficient (Wildman–Crippen LogP) is 2.67. The second kappa shape index (κ2) is 9.69. The largest absolute Gasteiger partial charge is 0.493 e. The molecular weight excluding hydrogens is 316 g/mol. The van der Waals surface area contributed by atoms with Gasteiger partial charge in [-0.25, -0.2) is 0 Å². The number of nitrogens with one attached hydrogen (secondary N) is 1. The summed E-state index contributed by atoms with van der Waals surface area (Å²) in [4.78, 5) is 10.8. The van der Waals surface area contributed by atoms with Gasteiger partial charge in [0.25, 0.3) is 5.91 Å². The molecule has 5 nitrogen and oxygen atoms in total. The number of primary amides is 1. The van der Waals surface area contributed by atoms with Crippen molar-refractivity contribution >= 4 is 5.91 Å². The van der Waals surface area contributed by atoms with Gasteiger partial charge < -0.3 is 20.5 Å². The number of carbonyl (C=O) groups excluding carboxylic acids is 1. The fourth-order valence-corrected chi connectivity index (χ4v) is 2.51. The summed E-state index contributed by atoms with van der Waals surface area (Å²) < 4.78 is 10.7. The number of hydrogen-bond donors (Lipinski definition) is 2. The highest BCUT2D eigenvalue weighted by atomic mass is 16.5. The van der Waals surface area contributed by atoms with E-state index in [2.05, 4.69) is 36.5 Å². The van der Waals surface area contributed by atoms with Gasteiger partial charge in [-0.05, 0) is 43.0 Å². The lowest BCUT2D eigenvalue weighted by Crippen LogP contribution is -2.26. The Kier molecular flexibility index (Phi) is 7.29. The standard InChI is InChI=1S/C20H26N2O3/c1-15(8-9-16-6-4-3-5-7-16)22-13-17-10-11-18(19(12-17)24-2)25-14-20(21)23/h3-7,10-12,15,22H,8-9,13-14H2,1-2H3,(H2,21,23). The number of aryl methyl sites for hydroxylation is 1. The lowest BCUT2D eigenvalue weighted by atomic mass is 10.1. The van der Waals surface area contributed by atoms with E-state index in [9.17, 15) is 4.79 Å². The summed E-state index contributed by atoms with van der Waals surface area (Å²) in [5.41, 5.74) is 7.55. The highest BCUT2D eigenvalue weighted by Gasteiger charge is 2.08. The number of hydrogen-bond acceptors (Lipinski definition) is 4. The van der Waals surface area contributed by atoms with E-state index in [0.29, 0.717) is 17.5 Å². The van der Waals surface area contributed by atoms with Crippen LogP contribution in [0, 0.1) is 0 Å². The van der Waals surface area contributed by atoms with Gasteiger partial charge in [-0.15, -0.1) is 0 Å². The second-order valence-corrected chi connectivity index (χ2v) is 6.05. The van der Waals surface area contributed by atoms with Crippen LogP contribution in [0.2, 0.25) is 0 Å². The van der Waals surface area contributed by atoms with Crippen molar-refractivity contribution < 1.29 is 14.3 Å². The Morgan fingerprint density at radius 3 is 2.56 bits per heavy atom. The third kappa shape index (κ3) is 6.47. The van der Waals surface area contributed by atoms with Crippen molar-refractivity contribution in [2.75, 3.05) is 13.7 Å². The van der Waals surface area contributed by atoms with Crippen molar-refractivity contribution in [1.82, 2.24) is 5.32 Å². The van der Waals surface area contributed by atoms with E-state index in [4.69, 9.17) is 15.2 Å². The molecule has 25 heavy (non-hydrogen) atoms. The van der Waals surface area contributed by atoms with Crippen molar-refractivity contribution in [3.8, 4) is 11.5 Å². The maximum Gasteiger partial charge on any atom is 0.255 e. The molecule has 0 aliphatic carbocycles. The Morgan fingerprint density at radius 2 is 1.88 bits per heavy atom. The molecule has 0 saturated carbocycles. The molecule has 2 rings (SSSR count).